The molecule has 3 fully saturated rings. The molecule has 3 aliphatic rings. The molecule has 1 aromatic carbocycles. The van der Waals surface area contributed by atoms with Crippen molar-refractivity contribution in [3.05, 3.63) is 42.0 Å². The Kier molecular flexibility index (Phi) is 6.61. The van der Waals surface area contributed by atoms with Crippen molar-refractivity contribution in [3.8, 4) is 11.5 Å². The summed E-state index contributed by atoms with van der Waals surface area (Å²) in [5.74, 6) is 1.02. The molecular formula is C26H33N3O5S. The van der Waals surface area contributed by atoms with Crippen molar-refractivity contribution in [3.63, 3.8) is 0 Å². The molecule has 9 heteroatoms. The van der Waals surface area contributed by atoms with Gasteiger partial charge in [-0.25, -0.2) is 9.71 Å². The van der Waals surface area contributed by atoms with Gasteiger partial charge in [0.15, 0.2) is 22.1 Å². The topological polar surface area (TPSA) is 97.8 Å². The summed E-state index contributed by atoms with van der Waals surface area (Å²) in [5, 5.41) is -0.164. The van der Waals surface area contributed by atoms with Gasteiger partial charge in [-0.05, 0) is 75.3 Å². The third-order valence-electron chi connectivity index (χ3n) is 7.01. The summed E-state index contributed by atoms with van der Waals surface area (Å²) in [6.45, 7) is 3.64. The summed E-state index contributed by atoms with van der Waals surface area (Å²) >= 11 is 0. The van der Waals surface area contributed by atoms with Gasteiger partial charge in [-0.1, -0.05) is 18.6 Å². The van der Waals surface area contributed by atoms with Gasteiger partial charge < -0.3 is 14.4 Å². The van der Waals surface area contributed by atoms with Gasteiger partial charge in [0, 0.05) is 25.9 Å². The smallest absolute Gasteiger partial charge is 0.281 e. The molecule has 35 heavy (non-hydrogen) atoms. The van der Waals surface area contributed by atoms with Gasteiger partial charge in [-0.2, -0.15) is 8.42 Å². The molecule has 1 aliphatic heterocycles. The first-order valence-electron chi connectivity index (χ1n) is 12.6. The van der Waals surface area contributed by atoms with E-state index in [2.05, 4.69) is 14.6 Å². The minimum atomic E-state index is -4.14. The lowest BCUT2D eigenvalue weighted by atomic mass is 9.98. The number of amides is 1. The van der Waals surface area contributed by atoms with Crippen LogP contribution in [0.15, 0.2) is 41.4 Å². The van der Waals surface area contributed by atoms with Crippen LogP contribution in [0.3, 0.4) is 0 Å². The average molecular weight is 500 g/mol. The largest absolute Gasteiger partial charge is 0.487 e. The maximum Gasteiger partial charge on any atom is 0.281 e. The number of sulfonamides is 1. The Balaban J connectivity index is 1.31. The number of hydrogen-bond acceptors (Lipinski definition) is 7. The third-order valence-corrected chi connectivity index (χ3v) is 8.24. The lowest BCUT2D eigenvalue weighted by Crippen LogP contribution is -2.43. The minimum Gasteiger partial charge on any atom is -0.487 e. The second-order valence-corrected chi connectivity index (χ2v) is 11.5. The van der Waals surface area contributed by atoms with Crippen LogP contribution in [-0.4, -0.2) is 44.1 Å². The van der Waals surface area contributed by atoms with Crippen molar-refractivity contribution < 1.29 is 22.7 Å². The molecule has 1 amide bonds. The van der Waals surface area contributed by atoms with Crippen LogP contribution in [0.25, 0.3) is 0 Å². The lowest BCUT2D eigenvalue weighted by molar-refractivity contribution is -0.128. The van der Waals surface area contributed by atoms with E-state index < -0.39 is 21.5 Å². The highest BCUT2D eigenvalue weighted by Crippen LogP contribution is 2.44. The van der Waals surface area contributed by atoms with Gasteiger partial charge in [0.2, 0.25) is 0 Å². The Bertz CT molecular complexity index is 1180. The van der Waals surface area contributed by atoms with E-state index >= 15 is 0 Å². The van der Waals surface area contributed by atoms with E-state index in [4.69, 9.17) is 9.47 Å². The Hall–Kier alpha value is -2.81. The normalized spacial score (nSPS) is 19.9. The van der Waals surface area contributed by atoms with Crippen molar-refractivity contribution in [1.29, 1.82) is 0 Å². The monoisotopic (exact) mass is 499 g/mol. The molecule has 188 valence electrons. The molecule has 1 N–H and O–H groups in total. The van der Waals surface area contributed by atoms with Crippen LogP contribution in [0.2, 0.25) is 0 Å². The molecule has 2 heterocycles. The fourth-order valence-corrected chi connectivity index (χ4v) is 5.80. The van der Waals surface area contributed by atoms with Crippen LogP contribution >= 0.6 is 0 Å². The Labute approximate surface area is 207 Å². The number of rotatable bonds is 8. The molecule has 1 aromatic heterocycles. The minimum absolute atomic E-state index is 0.132. The Morgan fingerprint density at radius 3 is 2.49 bits per heavy atom. The summed E-state index contributed by atoms with van der Waals surface area (Å²) in [7, 11) is -4.14. The number of aromatic nitrogens is 1. The molecular weight excluding hydrogens is 466 g/mol. The van der Waals surface area contributed by atoms with Crippen LogP contribution < -0.4 is 19.1 Å². The van der Waals surface area contributed by atoms with E-state index in [1.165, 1.54) is 12.5 Å². The van der Waals surface area contributed by atoms with E-state index in [0.29, 0.717) is 30.2 Å². The molecule has 2 aliphatic carbocycles. The molecule has 5 rings (SSSR count). The summed E-state index contributed by atoms with van der Waals surface area (Å²) in [4.78, 5) is 19.5. The standard InChI is InChI=1S/C26H33N3O5S/c1-19-12-13-21(33-20-8-3-2-4-9-20)22(18-19)34-26(14-15-26)25(30)28-35(31,32)24-11-7-10-23(27-24)29-16-5-6-17-29/h7,10-13,18,20H,2-6,8-9,14-17H2,1H3,(H,28,30). The van der Waals surface area contributed by atoms with Crippen LogP contribution in [0.4, 0.5) is 5.82 Å². The number of aryl methyl sites for hydroxylation is 1. The van der Waals surface area contributed by atoms with Gasteiger partial charge in [-0.15, -0.1) is 0 Å². The second kappa shape index (κ2) is 9.68. The summed E-state index contributed by atoms with van der Waals surface area (Å²) in [6, 6.07) is 10.5. The lowest BCUT2D eigenvalue weighted by Gasteiger charge is -2.26. The highest BCUT2D eigenvalue weighted by molar-refractivity contribution is 7.90. The fraction of sp³-hybridized carbons (Fsp3) is 0.538. The highest BCUT2D eigenvalue weighted by atomic mass is 32.2. The van der Waals surface area contributed by atoms with Crippen molar-refractivity contribution in [2.75, 3.05) is 18.0 Å². The maximum atomic E-state index is 13.2. The zero-order chi connectivity index (χ0) is 24.5. The van der Waals surface area contributed by atoms with Gasteiger partial charge in [0.05, 0.1) is 6.10 Å². The van der Waals surface area contributed by atoms with Crippen LogP contribution in [-0.2, 0) is 14.8 Å². The molecule has 1 saturated heterocycles. The van der Waals surface area contributed by atoms with E-state index in [9.17, 15) is 13.2 Å². The Morgan fingerprint density at radius 1 is 1.03 bits per heavy atom. The zero-order valence-corrected chi connectivity index (χ0v) is 21.0. The first-order valence-corrected chi connectivity index (χ1v) is 14.1. The number of nitrogens with one attached hydrogen (secondary N) is 1. The number of anilines is 1. The van der Waals surface area contributed by atoms with Crippen molar-refractivity contribution in [2.24, 2.45) is 0 Å². The predicted octanol–water partition coefficient (Wildman–Crippen LogP) is 4.12. The number of ether oxygens (including phenoxy) is 2. The van der Waals surface area contributed by atoms with E-state index in [1.54, 1.807) is 12.1 Å². The van der Waals surface area contributed by atoms with Gasteiger partial charge in [0.1, 0.15) is 5.82 Å². The zero-order valence-electron chi connectivity index (χ0n) is 20.2. The quantitative estimate of drug-likeness (QED) is 0.583. The van der Waals surface area contributed by atoms with Crippen molar-refractivity contribution >= 4 is 21.7 Å². The van der Waals surface area contributed by atoms with Gasteiger partial charge in [0.25, 0.3) is 15.9 Å². The number of nitrogens with zero attached hydrogens (tertiary/aromatic N) is 2. The number of benzene rings is 1. The second-order valence-electron chi connectivity index (χ2n) is 9.89. The number of hydrogen-bond donors (Lipinski definition) is 1. The molecule has 8 nitrogen and oxygen atoms in total. The van der Waals surface area contributed by atoms with Crippen LogP contribution in [0.5, 0.6) is 11.5 Å². The van der Waals surface area contributed by atoms with E-state index in [0.717, 1.165) is 57.2 Å². The molecule has 2 saturated carbocycles. The molecule has 0 bridgehead atoms. The first-order chi connectivity index (χ1) is 16.8. The summed E-state index contributed by atoms with van der Waals surface area (Å²) in [6.07, 6.45) is 8.63. The SMILES string of the molecule is Cc1ccc(OC2CCCCC2)c(OC2(C(=O)NS(=O)(=O)c3cccc(N4CCCC4)n3)CC2)c1. The molecule has 0 unspecified atom stereocenters. The summed E-state index contributed by atoms with van der Waals surface area (Å²) < 4.78 is 40.7. The van der Waals surface area contributed by atoms with Gasteiger partial charge in [-0.3, -0.25) is 4.79 Å². The predicted molar refractivity (Wildman–Crippen MR) is 132 cm³/mol. The number of carbonyl (C=O) groups excluding carboxylic acids is 1. The fourth-order valence-electron chi connectivity index (χ4n) is 4.80. The van der Waals surface area contributed by atoms with Crippen LogP contribution in [0, 0.1) is 6.92 Å². The van der Waals surface area contributed by atoms with Gasteiger partial charge >= 0.3 is 0 Å². The first kappa shape index (κ1) is 23.9. The highest BCUT2D eigenvalue weighted by Gasteiger charge is 2.54. The number of carbonyl (C=O) groups is 1. The van der Waals surface area contributed by atoms with Crippen LogP contribution in [0.1, 0.15) is 63.4 Å². The van der Waals surface area contributed by atoms with Crippen molar-refractivity contribution in [2.45, 2.75) is 81.4 Å². The molecule has 0 radical (unpaired) electrons. The average Bonchev–Trinajstić information content (AvgIpc) is 3.42. The Morgan fingerprint density at radius 2 is 1.77 bits per heavy atom. The maximum absolute atomic E-state index is 13.2. The molecule has 0 atom stereocenters. The van der Waals surface area contributed by atoms with E-state index in [1.807, 2.05) is 25.1 Å². The number of pyridine rings is 1. The third kappa shape index (κ3) is 5.39. The molecule has 2 aromatic rings. The molecule has 0 spiro atoms. The van der Waals surface area contributed by atoms with Crippen molar-refractivity contribution in [1.82, 2.24) is 9.71 Å². The summed E-state index contributed by atoms with van der Waals surface area (Å²) in [5.41, 5.74) is -0.249. The van der Waals surface area contributed by atoms with E-state index in [-0.39, 0.29) is 11.1 Å².